The van der Waals surface area contributed by atoms with Crippen molar-refractivity contribution in [3.8, 4) is 0 Å². The summed E-state index contributed by atoms with van der Waals surface area (Å²) in [6, 6.07) is 0. The first-order valence-electron chi connectivity index (χ1n) is 7.37. The van der Waals surface area contributed by atoms with Crippen molar-refractivity contribution in [2.45, 2.75) is 32.1 Å². The number of nitrogens with zero attached hydrogens (tertiary/aromatic N) is 1. The third-order valence-electron chi connectivity index (χ3n) is 5.06. The van der Waals surface area contributed by atoms with Crippen molar-refractivity contribution in [1.82, 2.24) is 10.2 Å². The normalized spacial score (nSPS) is 31.7. The van der Waals surface area contributed by atoms with Crippen molar-refractivity contribution in [3.63, 3.8) is 0 Å². The summed E-state index contributed by atoms with van der Waals surface area (Å²) in [6.45, 7) is 8.51. The van der Waals surface area contributed by atoms with E-state index in [0.717, 1.165) is 19.1 Å². The van der Waals surface area contributed by atoms with Gasteiger partial charge >= 0.3 is 0 Å². The lowest BCUT2D eigenvalue weighted by Crippen LogP contribution is -2.38. The third-order valence-corrected chi connectivity index (χ3v) is 5.06. The van der Waals surface area contributed by atoms with E-state index < -0.39 is 0 Å². The van der Waals surface area contributed by atoms with Gasteiger partial charge in [-0.15, -0.1) is 12.4 Å². The van der Waals surface area contributed by atoms with Gasteiger partial charge in [-0.2, -0.15) is 0 Å². The van der Waals surface area contributed by atoms with Crippen molar-refractivity contribution in [3.05, 3.63) is 0 Å². The Morgan fingerprint density at radius 3 is 2.78 bits per heavy atom. The number of rotatable bonds is 3. The fourth-order valence-corrected chi connectivity index (χ4v) is 3.76. The molecule has 106 valence electrons. The molecule has 3 heterocycles. The highest BCUT2D eigenvalue weighted by molar-refractivity contribution is 5.85. The van der Waals surface area contributed by atoms with Gasteiger partial charge in [0.2, 0.25) is 0 Å². The number of halogens is 1. The SMILES string of the molecule is C1CC2(CCN1)CCN(CCC1CCOC1)C2.Cl. The Morgan fingerprint density at radius 1 is 1.22 bits per heavy atom. The van der Waals surface area contributed by atoms with Crippen molar-refractivity contribution < 1.29 is 4.74 Å². The first-order chi connectivity index (χ1) is 8.36. The largest absolute Gasteiger partial charge is 0.381 e. The average Bonchev–Trinajstić information content (AvgIpc) is 2.98. The predicted molar refractivity (Wildman–Crippen MR) is 76.4 cm³/mol. The average molecular weight is 275 g/mol. The van der Waals surface area contributed by atoms with Crippen LogP contribution in [0.5, 0.6) is 0 Å². The van der Waals surface area contributed by atoms with Crippen molar-refractivity contribution in [1.29, 1.82) is 0 Å². The molecule has 1 N–H and O–H groups in total. The number of ether oxygens (including phenoxy) is 1. The molecule has 0 amide bonds. The fraction of sp³-hybridized carbons (Fsp3) is 1.00. The summed E-state index contributed by atoms with van der Waals surface area (Å²) in [4.78, 5) is 2.71. The second-order valence-electron chi connectivity index (χ2n) is 6.29. The van der Waals surface area contributed by atoms with Gasteiger partial charge in [-0.3, -0.25) is 0 Å². The molecule has 3 aliphatic rings. The predicted octanol–water partition coefficient (Wildman–Crippen LogP) is 1.91. The van der Waals surface area contributed by atoms with Crippen LogP contribution in [0.4, 0.5) is 0 Å². The molecule has 3 aliphatic heterocycles. The topological polar surface area (TPSA) is 24.5 Å². The Bertz CT molecular complexity index is 250. The second kappa shape index (κ2) is 6.56. The van der Waals surface area contributed by atoms with Gasteiger partial charge in [0, 0.05) is 19.8 Å². The maximum absolute atomic E-state index is 5.46. The monoisotopic (exact) mass is 274 g/mol. The zero-order chi connectivity index (χ0) is 11.6. The van der Waals surface area contributed by atoms with Gasteiger partial charge in [0.05, 0.1) is 0 Å². The van der Waals surface area contributed by atoms with Crippen LogP contribution in [0.2, 0.25) is 0 Å². The van der Waals surface area contributed by atoms with Crippen LogP contribution in [0.3, 0.4) is 0 Å². The quantitative estimate of drug-likeness (QED) is 0.851. The molecule has 1 unspecified atom stereocenters. The molecule has 0 aromatic carbocycles. The highest BCUT2D eigenvalue weighted by Gasteiger charge is 2.38. The summed E-state index contributed by atoms with van der Waals surface area (Å²) >= 11 is 0. The highest BCUT2D eigenvalue weighted by atomic mass is 35.5. The van der Waals surface area contributed by atoms with E-state index in [0.29, 0.717) is 5.41 Å². The molecular weight excluding hydrogens is 248 g/mol. The van der Waals surface area contributed by atoms with Crippen LogP contribution in [0.15, 0.2) is 0 Å². The van der Waals surface area contributed by atoms with E-state index in [2.05, 4.69) is 10.2 Å². The zero-order valence-electron chi connectivity index (χ0n) is 11.3. The Labute approximate surface area is 117 Å². The number of nitrogens with one attached hydrogen (secondary N) is 1. The molecule has 0 radical (unpaired) electrons. The Kier molecular flexibility index (Phi) is 5.31. The van der Waals surface area contributed by atoms with Crippen molar-refractivity contribution >= 4 is 12.4 Å². The first-order valence-corrected chi connectivity index (χ1v) is 7.37. The lowest BCUT2D eigenvalue weighted by Gasteiger charge is -2.34. The second-order valence-corrected chi connectivity index (χ2v) is 6.29. The minimum absolute atomic E-state index is 0. The molecule has 18 heavy (non-hydrogen) atoms. The van der Waals surface area contributed by atoms with Gasteiger partial charge < -0.3 is 15.0 Å². The standard InChI is InChI=1S/C14H26N2O.ClH/c1(13-2-10-17-11-13)8-16-9-5-14(12-16)3-6-15-7-4-14;/h13,15H,1-12H2;1H. The smallest absolute Gasteiger partial charge is 0.0495 e. The van der Waals surface area contributed by atoms with Crippen LogP contribution in [0.25, 0.3) is 0 Å². The van der Waals surface area contributed by atoms with E-state index >= 15 is 0 Å². The molecule has 4 heteroatoms. The maximum Gasteiger partial charge on any atom is 0.0495 e. The van der Waals surface area contributed by atoms with Crippen LogP contribution < -0.4 is 5.32 Å². The summed E-state index contributed by atoms with van der Waals surface area (Å²) in [5.41, 5.74) is 0.678. The number of piperidine rings is 1. The van der Waals surface area contributed by atoms with Crippen LogP contribution in [0, 0.1) is 11.3 Å². The van der Waals surface area contributed by atoms with Crippen molar-refractivity contribution in [2.24, 2.45) is 11.3 Å². The molecular formula is C14H27ClN2O. The molecule has 0 aliphatic carbocycles. The molecule has 1 spiro atoms. The van der Waals surface area contributed by atoms with Crippen LogP contribution in [-0.4, -0.2) is 50.8 Å². The van der Waals surface area contributed by atoms with E-state index in [9.17, 15) is 0 Å². The van der Waals surface area contributed by atoms with E-state index in [1.54, 1.807) is 0 Å². The summed E-state index contributed by atoms with van der Waals surface area (Å²) in [5, 5.41) is 3.49. The zero-order valence-corrected chi connectivity index (χ0v) is 12.1. The molecule has 0 aromatic rings. The van der Waals surface area contributed by atoms with Crippen LogP contribution >= 0.6 is 12.4 Å². The number of hydrogen-bond donors (Lipinski definition) is 1. The van der Waals surface area contributed by atoms with Gasteiger partial charge in [-0.25, -0.2) is 0 Å². The van der Waals surface area contributed by atoms with Gasteiger partial charge in [0.25, 0.3) is 0 Å². The molecule has 3 rings (SSSR count). The lowest BCUT2D eigenvalue weighted by molar-refractivity contribution is 0.173. The molecule has 3 fully saturated rings. The highest BCUT2D eigenvalue weighted by Crippen LogP contribution is 2.38. The molecule has 0 aromatic heterocycles. The molecule has 0 saturated carbocycles. The number of likely N-dealkylation sites (tertiary alicyclic amines) is 1. The van der Waals surface area contributed by atoms with E-state index in [1.807, 2.05) is 0 Å². The number of hydrogen-bond acceptors (Lipinski definition) is 3. The first kappa shape index (κ1) is 14.6. The summed E-state index contributed by atoms with van der Waals surface area (Å²) in [7, 11) is 0. The third kappa shape index (κ3) is 3.38. The minimum Gasteiger partial charge on any atom is -0.381 e. The summed E-state index contributed by atoms with van der Waals surface area (Å²) in [6.07, 6.45) is 6.89. The van der Waals surface area contributed by atoms with E-state index in [4.69, 9.17) is 4.74 Å². The summed E-state index contributed by atoms with van der Waals surface area (Å²) in [5.74, 6) is 0.847. The van der Waals surface area contributed by atoms with Gasteiger partial charge in [-0.1, -0.05) is 0 Å². The Balaban J connectivity index is 0.00000120. The molecule has 1 atom stereocenters. The van der Waals surface area contributed by atoms with Crippen molar-refractivity contribution in [2.75, 3.05) is 45.9 Å². The van der Waals surface area contributed by atoms with Gasteiger partial charge in [0.15, 0.2) is 0 Å². The van der Waals surface area contributed by atoms with E-state index in [1.165, 1.54) is 64.8 Å². The van der Waals surface area contributed by atoms with Gasteiger partial charge in [-0.05, 0) is 69.6 Å². The van der Waals surface area contributed by atoms with E-state index in [-0.39, 0.29) is 12.4 Å². The fourth-order valence-electron chi connectivity index (χ4n) is 3.76. The van der Waals surface area contributed by atoms with Crippen LogP contribution in [-0.2, 0) is 4.74 Å². The Morgan fingerprint density at radius 2 is 2.06 bits per heavy atom. The molecule has 3 saturated heterocycles. The summed E-state index contributed by atoms with van der Waals surface area (Å²) < 4.78 is 5.46. The molecule has 3 nitrogen and oxygen atoms in total. The van der Waals surface area contributed by atoms with Gasteiger partial charge in [0.1, 0.15) is 0 Å². The minimum atomic E-state index is 0. The van der Waals surface area contributed by atoms with Crippen LogP contribution in [0.1, 0.15) is 32.1 Å². The Hall–Kier alpha value is 0.170. The maximum atomic E-state index is 5.46. The lowest BCUT2D eigenvalue weighted by atomic mass is 9.78. The molecule has 0 bridgehead atoms.